The molecule has 0 aliphatic carbocycles. The van der Waals surface area contributed by atoms with Crippen molar-refractivity contribution in [1.82, 2.24) is 26.6 Å². The van der Waals surface area contributed by atoms with Crippen molar-refractivity contribution < 1.29 is 133 Å². The molecule has 88 heavy (non-hydrogen) atoms. The van der Waals surface area contributed by atoms with E-state index < -0.39 is 216 Å². The smallest absolute Gasteiger partial charge is 0.251 e. The molecule has 5 fully saturated rings. The van der Waals surface area contributed by atoms with Crippen molar-refractivity contribution in [2.75, 3.05) is 39.6 Å². The van der Waals surface area contributed by atoms with Crippen LogP contribution in [-0.4, -0.2) is 284 Å². The number of rotatable bonds is 29. The Balaban J connectivity index is 1.18. The summed E-state index contributed by atoms with van der Waals surface area (Å²) < 4.78 is 59.8. The molecule has 0 saturated carbocycles. The molecule has 13 unspecified atom stereocenters. The third-order valence-electron chi connectivity index (χ3n) is 15.5. The Hall–Kier alpha value is -4.73. The van der Waals surface area contributed by atoms with Crippen molar-refractivity contribution in [1.29, 1.82) is 0 Å². The van der Waals surface area contributed by atoms with Gasteiger partial charge in [-0.3, -0.25) is 24.0 Å². The maximum Gasteiger partial charge on any atom is 0.251 e. The van der Waals surface area contributed by atoms with E-state index in [1.54, 1.807) is 12.1 Å². The first kappa shape index (κ1) is 72.3. The van der Waals surface area contributed by atoms with E-state index in [0.29, 0.717) is 18.8 Å². The fraction of sp³-hybridized carbons (Fsp3) is 0.768. The van der Waals surface area contributed by atoms with Crippen LogP contribution < -0.4 is 31.3 Å². The van der Waals surface area contributed by atoms with Gasteiger partial charge in [-0.1, -0.05) is 44.4 Å². The van der Waals surface area contributed by atoms with Crippen LogP contribution in [0.5, 0.6) is 5.75 Å². The first-order valence-corrected chi connectivity index (χ1v) is 29.5. The molecule has 32 heteroatoms. The maximum absolute atomic E-state index is 13.9. The number of benzene rings is 1. The minimum atomic E-state index is -2.03. The highest BCUT2D eigenvalue weighted by Crippen LogP contribution is 2.36. The third-order valence-corrected chi connectivity index (χ3v) is 15.5. The summed E-state index contributed by atoms with van der Waals surface area (Å²) in [6, 6.07) is -2.18. The lowest BCUT2D eigenvalue weighted by molar-refractivity contribution is -0.367. The van der Waals surface area contributed by atoms with E-state index in [2.05, 4.69) is 45.7 Å². The first-order chi connectivity index (χ1) is 42.0. The summed E-state index contributed by atoms with van der Waals surface area (Å²) in [6.45, 7) is 2.01. The van der Waals surface area contributed by atoms with E-state index in [9.17, 15) is 85.3 Å². The van der Waals surface area contributed by atoms with Gasteiger partial charge in [-0.2, -0.15) is 0 Å². The summed E-state index contributed by atoms with van der Waals surface area (Å²) in [6.07, 6.45) is -24.4. The number of ether oxygens (including phenoxy) is 10. The number of nitrogens with one attached hydrogen (secondary N) is 5. The van der Waals surface area contributed by atoms with Gasteiger partial charge in [0.05, 0.1) is 39.6 Å². The Bertz CT molecular complexity index is 2400. The van der Waals surface area contributed by atoms with Crippen molar-refractivity contribution in [2.45, 2.75) is 233 Å². The summed E-state index contributed by atoms with van der Waals surface area (Å²) in [5.41, 5.74) is 0.0576. The van der Waals surface area contributed by atoms with Crippen molar-refractivity contribution in [2.24, 2.45) is 0 Å². The van der Waals surface area contributed by atoms with Crippen LogP contribution in [0.2, 0.25) is 0 Å². The number of amides is 5. The quantitative estimate of drug-likeness (QED) is 0.0262. The van der Waals surface area contributed by atoms with Crippen LogP contribution >= 0.6 is 0 Å². The molecule has 6 rings (SSSR count). The highest BCUT2D eigenvalue weighted by Gasteiger charge is 2.58. The van der Waals surface area contributed by atoms with Crippen molar-refractivity contribution in [3.8, 4) is 5.75 Å². The molecule has 1 aromatic rings. The Labute approximate surface area is 507 Å². The van der Waals surface area contributed by atoms with Crippen molar-refractivity contribution >= 4 is 29.5 Å². The van der Waals surface area contributed by atoms with Crippen LogP contribution in [0.1, 0.15) is 89.9 Å². The van der Waals surface area contributed by atoms with Crippen LogP contribution in [-0.2, 0) is 61.8 Å². The second kappa shape index (κ2) is 34.6. The van der Waals surface area contributed by atoms with E-state index in [-0.39, 0.29) is 5.56 Å². The Morgan fingerprint density at radius 2 is 0.830 bits per heavy atom. The molecule has 5 aliphatic rings. The lowest BCUT2D eigenvalue weighted by Gasteiger charge is -2.51. The first-order valence-electron chi connectivity index (χ1n) is 29.5. The molecule has 0 aromatic heterocycles. The molecule has 5 saturated heterocycles. The van der Waals surface area contributed by atoms with Gasteiger partial charge in [-0.05, 0) is 43.9 Å². The molecule has 5 amide bonds. The average molecular weight is 1260 g/mol. The van der Waals surface area contributed by atoms with Gasteiger partial charge in [-0.15, -0.1) is 0 Å². The molecular formula is C56H89N5O27. The number of carbonyl (C=O) groups is 5. The van der Waals surface area contributed by atoms with Crippen LogP contribution in [0.4, 0.5) is 0 Å². The largest absolute Gasteiger partial charge is 0.494 e. The van der Waals surface area contributed by atoms with Gasteiger partial charge in [0.15, 0.2) is 31.5 Å². The van der Waals surface area contributed by atoms with E-state index in [4.69, 9.17) is 47.4 Å². The average Bonchev–Trinajstić information content (AvgIpc) is 1.52. The van der Waals surface area contributed by atoms with Gasteiger partial charge in [0, 0.05) is 33.3 Å². The zero-order valence-corrected chi connectivity index (χ0v) is 49.6. The Kier molecular flexibility index (Phi) is 28.5. The number of hydrogen-bond acceptors (Lipinski definition) is 27. The zero-order chi connectivity index (χ0) is 64.5. The number of aliphatic hydroxyl groups is 12. The molecular weight excluding hydrogens is 1170 g/mol. The molecule has 5 aliphatic heterocycles. The molecule has 17 N–H and O–H groups in total. The number of hydrogen-bond donors (Lipinski definition) is 17. The summed E-state index contributed by atoms with van der Waals surface area (Å²) in [5, 5.41) is 145. The minimum absolute atomic E-state index is 0.0576. The summed E-state index contributed by atoms with van der Waals surface area (Å²) in [5.74, 6) is -3.54. The van der Waals surface area contributed by atoms with Crippen LogP contribution in [0, 0.1) is 0 Å². The summed E-state index contributed by atoms with van der Waals surface area (Å²) >= 11 is 0. The fourth-order valence-electron chi connectivity index (χ4n) is 11.1. The fourth-order valence-corrected chi connectivity index (χ4v) is 11.1. The summed E-state index contributed by atoms with van der Waals surface area (Å²) in [7, 11) is 0. The van der Waals surface area contributed by atoms with Crippen LogP contribution in [0.25, 0.3) is 0 Å². The molecule has 1 aromatic carbocycles. The second-order valence-corrected chi connectivity index (χ2v) is 22.2. The predicted octanol–water partition coefficient (Wildman–Crippen LogP) is -6.23. The Morgan fingerprint density at radius 3 is 1.24 bits per heavy atom. The van der Waals surface area contributed by atoms with E-state index in [0.717, 1.165) is 53.4 Å². The van der Waals surface area contributed by atoms with Crippen LogP contribution in [0.15, 0.2) is 36.4 Å². The molecule has 0 spiro atoms. The van der Waals surface area contributed by atoms with Crippen molar-refractivity contribution in [3.05, 3.63) is 42.0 Å². The summed E-state index contributed by atoms with van der Waals surface area (Å²) in [4.78, 5) is 64.1. The highest BCUT2D eigenvalue weighted by atomic mass is 16.8. The monoisotopic (exact) mass is 1260 g/mol. The van der Waals surface area contributed by atoms with Gasteiger partial charge < -0.3 is 135 Å². The SMILES string of the molecule is CCCCCC/C=C\CCCOc1cccc(C(=O)N[C@H]2C(O)[C@H](O)C(CO)O[C@H]2O[C@H]2C(O)C(NC(C)=O)C(OC3C(CO)O[C@@H](O[C@H]4C(O)C(NC(C)=O)C(OC5C(CO)OC(O)[C@@H](NC(C)=O)[C@@H]5O)O[C@H]4CO)[C@@H](NC(C)=O)[C@@H]3O)O[C@H]2CO)c1. The van der Waals surface area contributed by atoms with Crippen molar-refractivity contribution in [3.63, 3.8) is 0 Å². The molecule has 5 heterocycles. The lowest BCUT2D eigenvalue weighted by Crippen LogP contribution is -2.72. The standard InChI is InChI=1S/C56H89N5O27/c1-6-7-8-9-10-11-12-13-14-18-79-30-17-15-16-29(19-30)51(77)61-37-42(72)41(71)31(20-62)81-53(37)86-48-33(22-64)83-55(39(44(48)74)59-27(4)69)88-50-35(24-66)84-56(40(46(50)76)60-28(5)70)87-49-34(23-65)82-54(38(45(49)75)58-26(3)68)85-47-32(21-63)80-52(78)36(43(47)73)57-25(2)67/h11-12,15-17,19,31-50,52-56,62-66,71-76,78H,6-10,13-14,18,20-24H2,1-5H3,(H,57,67)(H,58,68)(H,59,69)(H,60,70)(H,61,77)/b12-11-/t31?,32?,33-,34-,35?,36-,37-,38?,39?,40-,41+,42?,43-,44?,45?,46-,47?,48+,49+,50?,52?,53-,54?,55?,56-/m0/s1. The topological polar surface area (TPSA) is 481 Å². The number of carbonyl (C=O) groups excluding carboxylic acids is 5. The molecule has 32 nitrogen and oxygen atoms in total. The van der Waals surface area contributed by atoms with Gasteiger partial charge in [0.1, 0.15) is 128 Å². The zero-order valence-electron chi connectivity index (χ0n) is 49.6. The van der Waals surface area contributed by atoms with Gasteiger partial charge in [0.25, 0.3) is 5.91 Å². The molecule has 0 bridgehead atoms. The third kappa shape index (κ3) is 18.7. The number of aliphatic hydroxyl groups excluding tert-OH is 12. The molecule has 0 radical (unpaired) electrons. The van der Waals surface area contributed by atoms with Gasteiger partial charge in [0.2, 0.25) is 23.6 Å². The maximum atomic E-state index is 13.9. The highest BCUT2D eigenvalue weighted by molar-refractivity contribution is 5.94. The van der Waals surface area contributed by atoms with Gasteiger partial charge >= 0.3 is 0 Å². The molecule has 25 atom stereocenters. The molecule has 500 valence electrons. The predicted molar refractivity (Wildman–Crippen MR) is 297 cm³/mol. The second-order valence-electron chi connectivity index (χ2n) is 22.2. The van der Waals surface area contributed by atoms with Gasteiger partial charge in [-0.25, -0.2) is 0 Å². The number of allylic oxidation sites excluding steroid dienone is 2. The lowest BCUT2D eigenvalue weighted by atomic mass is 9.93. The Morgan fingerprint density at radius 1 is 0.455 bits per heavy atom. The van der Waals surface area contributed by atoms with E-state index >= 15 is 0 Å². The normalized spacial score (nSPS) is 37.8. The van der Waals surface area contributed by atoms with E-state index in [1.165, 1.54) is 25.0 Å². The van der Waals surface area contributed by atoms with E-state index in [1.807, 2.05) is 0 Å². The minimum Gasteiger partial charge on any atom is -0.494 e. The number of unbranched alkanes of at least 4 members (excludes halogenated alkanes) is 5. The van der Waals surface area contributed by atoms with Crippen LogP contribution in [0.3, 0.4) is 0 Å².